The molecular weight excluding hydrogens is 310 g/mol. The summed E-state index contributed by atoms with van der Waals surface area (Å²) in [7, 11) is 0. The van der Waals surface area contributed by atoms with Crippen molar-refractivity contribution in [3.05, 3.63) is 54.2 Å². The standard InChI is InChI=1S/C17H19N3O2S/c21-17(18-9-11-23-12-13-4-3-10-22-13)8-7-16-19-14-5-1-2-6-15(14)20-16/h1-6,10H,7-9,11-12H2,(H,18,21)(H,19,20). The van der Waals surface area contributed by atoms with Crippen molar-refractivity contribution in [2.24, 2.45) is 0 Å². The van der Waals surface area contributed by atoms with Gasteiger partial charge in [-0.2, -0.15) is 11.8 Å². The molecule has 1 amide bonds. The van der Waals surface area contributed by atoms with Gasteiger partial charge in [-0.3, -0.25) is 4.79 Å². The van der Waals surface area contributed by atoms with Gasteiger partial charge in [0.1, 0.15) is 11.6 Å². The molecule has 0 saturated carbocycles. The number of aromatic nitrogens is 2. The maximum atomic E-state index is 11.8. The van der Waals surface area contributed by atoms with Crippen LogP contribution in [0.25, 0.3) is 11.0 Å². The van der Waals surface area contributed by atoms with Gasteiger partial charge < -0.3 is 14.7 Å². The molecular formula is C17H19N3O2S. The number of rotatable bonds is 8. The van der Waals surface area contributed by atoms with Crippen LogP contribution in [0.2, 0.25) is 0 Å². The van der Waals surface area contributed by atoms with Gasteiger partial charge in [-0.25, -0.2) is 4.98 Å². The fourth-order valence-electron chi connectivity index (χ4n) is 2.27. The van der Waals surface area contributed by atoms with Crippen molar-refractivity contribution in [1.29, 1.82) is 0 Å². The molecule has 0 aliphatic heterocycles. The zero-order chi connectivity index (χ0) is 15.9. The van der Waals surface area contributed by atoms with Crippen molar-refractivity contribution in [3.8, 4) is 0 Å². The van der Waals surface area contributed by atoms with E-state index in [0.29, 0.717) is 19.4 Å². The molecule has 2 aromatic heterocycles. The van der Waals surface area contributed by atoms with Crippen LogP contribution in [-0.2, 0) is 17.0 Å². The van der Waals surface area contributed by atoms with Crippen LogP contribution >= 0.6 is 11.8 Å². The summed E-state index contributed by atoms with van der Waals surface area (Å²) in [4.78, 5) is 19.6. The van der Waals surface area contributed by atoms with E-state index < -0.39 is 0 Å². The number of nitrogens with zero attached hydrogens (tertiary/aromatic N) is 1. The van der Waals surface area contributed by atoms with Crippen LogP contribution in [0.1, 0.15) is 18.0 Å². The van der Waals surface area contributed by atoms with Crippen molar-refractivity contribution in [2.75, 3.05) is 12.3 Å². The van der Waals surface area contributed by atoms with E-state index in [4.69, 9.17) is 4.42 Å². The predicted octanol–water partition coefficient (Wildman–Crippen LogP) is 3.14. The number of aromatic amines is 1. The van der Waals surface area contributed by atoms with Gasteiger partial charge >= 0.3 is 0 Å². The highest BCUT2D eigenvalue weighted by Crippen LogP contribution is 2.12. The molecule has 23 heavy (non-hydrogen) atoms. The number of furan rings is 1. The van der Waals surface area contributed by atoms with E-state index in [0.717, 1.165) is 34.1 Å². The fraction of sp³-hybridized carbons (Fsp3) is 0.294. The summed E-state index contributed by atoms with van der Waals surface area (Å²) < 4.78 is 5.26. The molecule has 0 radical (unpaired) electrons. The molecule has 0 unspecified atom stereocenters. The van der Waals surface area contributed by atoms with Crippen molar-refractivity contribution in [2.45, 2.75) is 18.6 Å². The summed E-state index contributed by atoms with van der Waals surface area (Å²) in [6.45, 7) is 0.671. The number of nitrogens with one attached hydrogen (secondary N) is 2. The van der Waals surface area contributed by atoms with Crippen molar-refractivity contribution in [3.63, 3.8) is 0 Å². The van der Waals surface area contributed by atoms with Crippen LogP contribution in [0.4, 0.5) is 0 Å². The summed E-state index contributed by atoms with van der Waals surface area (Å²) in [5, 5.41) is 2.93. The molecule has 0 aliphatic carbocycles. The lowest BCUT2D eigenvalue weighted by molar-refractivity contribution is -0.120. The first-order valence-electron chi connectivity index (χ1n) is 7.62. The number of H-pyrrole nitrogens is 1. The highest BCUT2D eigenvalue weighted by Gasteiger charge is 2.06. The van der Waals surface area contributed by atoms with Crippen molar-refractivity contribution in [1.82, 2.24) is 15.3 Å². The van der Waals surface area contributed by atoms with E-state index in [-0.39, 0.29) is 5.91 Å². The molecule has 2 heterocycles. The van der Waals surface area contributed by atoms with Crippen LogP contribution in [-0.4, -0.2) is 28.2 Å². The lowest BCUT2D eigenvalue weighted by Gasteiger charge is -2.04. The third-order valence-corrected chi connectivity index (χ3v) is 4.40. The number of carbonyl (C=O) groups excluding carboxylic acids is 1. The van der Waals surface area contributed by atoms with Crippen molar-refractivity contribution >= 4 is 28.7 Å². The Morgan fingerprint density at radius 2 is 2.17 bits per heavy atom. The number of hydrogen-bond acceptors (Lipinski definition) is 4. The van der Waals surface area contributed by atoms with Crippen LogP contribution in [0, 0.1) is 0 Å². The Labute approximate surface area is 138 Å². The van der Waals surface area contributed by atoms with E-state index in [1.807, 2.05) is 36.4 Å². The Bertz CT molecular complexity index is 719. The first-order chi connectivity index (χ1) is 11.3. The molecule has 0 aliphatic rings. The highest BCUT2D eigenvalue weighted by molar-refractivity contribution is 7.98. The van der Waals surface area contributed by atoms with Crippen LogP contribution in [0.3, 0.4) is 0 Å². The van der Waals surface area contributed by atoms with E-state index in [9.17, 15) is 4.79 Å². The first-order valence-corrected chi connectivity index (χ1v) is 8.77. The zero-order valence-electron chi connectivity index (χ0n) is 12.7. The monoisotopic (exact) mass is 329 g/mol. The molecule has 120 valence electrons. The molecule has 0 atom stereocenters. The summed E-state index contributed by atoms with van der Waals surface area (Å²) >= 11 is 1.74. The average Bonchev–Trinajstić information content (AvgIpc) is 3.21. The van der Waals surface area contributed by atoms with Gasteiger partial charge in [0.15, 0.2) is 0 Å². The maximum absolute atomic E-state index is 11.8. The molecule has 0 spiro atoms. The fourth-order valence-corrected chi connectivity index (χ4v) is 3.03. The largest absolute Gasteiger partial charge is 0.468 e. The number of carbonyl (C=O) groups is 1. The number of imidazole rings is 1. The summed E-state index contributed by atoms with van der Waals surface area (Å²) in [5.41, 5.74) is 1.95. The minimum atomic E-state index is 0.0593. The van der Waals surface area contributed by atoms with E-state index >= 15 is 0 Å². The smallest absolute Gasteiger partial charge is 0.220 e. The van der Waals surface area contributed by atoms with Gasteiger partial charge in [-0.1, -0.05) is 12.1 Å². The average molecular weight is 329 g/mol. The molecule has 6 heteroatoms. The Hall–Kier alpha value is -2.21. The summed E-state index contributed by atoms with van der Waals surface area (Å²) in [6.07, 6.45) is 2.75. The van der Waals surface area contributed by atoms with Gasteiger partial charge in [0.25, 0.3) is 0 Å². The summed E-state index contributed by atoms with van der Waals surface area (Å²) in [6, 6.07) is 11.7. The number of hydrogen-bond donors (Lipinski definition) is 2. The second-order valence-electron chi connectivity index (χ2n) is 5.18. The lowest BCUT2D eigenvalue weighted by Crippen LogP contribution is -2.26. The molecule has 3 aromatic rings. The maximum Gasteiger partial charge on any atom is 0.220 e. The van der Waals surface area contributed by atoms with Gasteiger partial charge in [0, 0.05) is 25.1 Å². The normalized spacial score (nSPS) is 11.0. The first kappa shape index (κ1) is 15.7. The van der Waals surface area contributed by atoms with E-state index in [1.54, 1.807) is 18.0 Å². The topological polar surface area (TPSA) is 70.9 Å². The summed E-state index contributed by atoms with van der Waals surface area (Å²) in [5.74, 6) is 3.59. The van der Waals surface area contributed by atoms with Gasteiger partial charge in [-0.15, -0.1) is 0 Å². The van der Waals surface area contributed by atoms with Crippen LogP contribution < -0.4 is 5.32 Å². The third-order valence-electron chi connectivity index (χ3n) is 3.42. The van der Waals surface area contributed by atoms with Crippen LogP contribution in [0.5, 0.6) is 0 Å². The number of amides is 1. The van der Waals surface area contributed by atoms with Crippen molar-refractivity contribution < 1.29 is 9.21 Å². The zero-order valence-corrected chi connectivity index (χ0v) is 13.6. The molecule has 0 fully saturated rings. The Balaban J connectivity index is 1.33. The lowest BCUT2D eigenvalue weighted by atomic mass is 10.3. The number of benzene rings is 1. The van der Waals surface area contributed by atoms with Gasteiger partial charge in [0.2, 0.25) is 5.91 Å². The predicted molar refractivity (Wildman–Crippen MR) is 92.3 cm³/mol. The van der Waals surface area contributed by atoms with Crippen LogP contribution in [0.15, 0.2) is 47.1 Å². The molecule has 2 N–H and O–H groups in total. The Morgan fingerprint density at radius 3 is 3.00 bits per heavy atom. The Morgan fingerprint density at radius 1 is 1.26 bits per heavy atom. The molecule has 0 bridgehead atoms. The van der Waals surface area contributed by atoms with E-state index in [1.165, 1.54) is 0 Å². The minimum Gasteiger partial charge on any atom is -0.468 e. The third kappa shape index (κ3) is 4.63. The molecule has 3 rings (SSSR count). The second-order valence-corrected chi connectivity index (χ2v) is 6.29. The van der Waals surface area contributed by atoms with E-state index in [2.05, 4.69) is 15.3 Å². The number of para-hydroxylation sites is 2. The second kappa shape index (κ2) is 7.87. The minimum absolute atomic E-state index is 0.0593. The Kier molecular flexibility index (Phi) is 5.37. The number of thioether (sulfide) groups is 1. The number of aryl methyl sites for hydroxylation is 1. The van der Waals surface area contributed by atoms with Gasteiger partial charge in [0.05, 0.1) is 23.0 Å². The molecule has 5 nitrogen and oxygen atoms in total. The SMILES string of the molecule is O=C(CCc1nc2ccccc2[nH]1)NCCSCc1ccco1. The van der Waals surface area contributed by atoms with Gasteiger partial charge in [-0.05, 0) is 24.3 Å². The number of fused-ring (bicyclic) bond motifs is 1. The molecule has 0 saturated heterocycles. The quantitative estimate of drug-likeness (QED) is 0.623. The molecule has 1 aromatic carbocycles. The highest BCUT2D eigenvalue weighted by atomic mass is 32.2.